The fourth-order valence-corrected chi connectivity index (χ4v) is 4.09. The minimum absolute atomic E-state index is 0.225. The molecule has 0 bridgehead atoms. The fraction of sp³-hybridized carbons (Fsp3) is 0.261. The zero-order valence-electron chi connectivity index (χ0n) is 15.8. The monoisotopic (exact) mass is 372 g/mol. The standard InChI is InChI=1S/C23H24N4O/c24-22(28)23(10-13-27(17-23)16-20-8-3-4-12-26-20)14-18-6-1-2-9-21(18)19-7-5-11-25-15-19/h1-9,11-12,15H,10,13-14,16-17H2,(H2,24,28)/t23-/m1/s1. The molecule has 0 spiro atoms. The molecule has 1 saturated heterocycles. The zero-order chi connectivity index (χ0) is 19.4. The molecule has 0 radical (unpaired) electrons. The van der Waals surface area contributed by atoms with Gasteiger partial charge in [0.25, 0.3) is 0 Å². The summed E-state index contributed by atoms with van der Waals surface area (Å²) in [5, 5.41) is 0. The molecule has 1 aliphatic heterocycles. The first-order valence-electron chi connectivity index (χ1n) is 9.57. The van der Waals surface area contributed by atoms with Crippen LogP contribution in [0, 0.1) is 5.41 Å². The van der Waals surface area contributed by atoms with Crippen molar-refractivity contribution in [1.82, 2.24) is 14.9 Å². The first-order chi connectivity index (χ1) is 13.7. The maximum atomic E-state index is 12.5. The summed E-state index contributed by atoms with van der Waals surface area (Å²) in [5.41, 5.74) is 9.68. The number of nitrogens with zero attached hydrogens (tertiary/aromatic N) is 3. The van der Waals surface area contributed by atoms with E-state index in [1.54, 1.807) is 12.4 Å². The Morgan fingerprint density at radius 2 is 1.93 bits per heavy atom. The Balaban J connectivity index is 1.58. The molecule has 3 aromatic rings. The van der Waals surface area contributed by atoms with Crippen molar-refractivity contribution in [3.63, 3.8) is 0 Å². The number of benzene rings is 1. The van der Waals surface area contributed by atoms with Crippen molar-refractivity contribution < 1.29 is 4.79 Å². The number of hydrogen-bond acceptors (Lipinski definition) is 4. The molecule has 2 aromatic heterocycles. The normalized spacial score (nSPS) is 19.6. The van der Waals surface area contributed by atoms with Gasteiger partial charge in [-0.1, -0.05) is 36.4 Å². The van der Waals surface area contributed by atoms with Crippen molar-refractivity contribution in [2.24, 2.45) is 11.1 Å². The summed E-state index contributed by atoms with van der Waals surface area (Å²) in [7, 11) is 0. The summed E-state index contributed by atoms with van der Waals surface area (Å²) in [6.45, 7) is 2.23. The van der Waals surface area contributed by atoms with Crippen molar-refractivity contribution in [2.75, 3.05) is 13.1 Å². The number of likely N-dealkylation sites (tertiary alicyclic amines) is 1. The third-order valence-electron chi connectivity index (χ3n) is 5.59. The van der Waals surface area contributed by atoms with E-state index in [0.717, 1.165) is 41.9 Å². The molecule has 1 aliphatic rings. The van der Waals surface area contributed by atoms with Crippen LogP contribution in [0.4, 0.5) is 0 Å². The largest absolute Gasteiger partial charge is 0.369 e. The van der Waals surface area contributed by atoms with Gasteiger partial charge in [-0.15, -0.1) is 0 Å². The molecule has 1 atom stereocenters. The molecule has 1 fully saturated rings. The lowest BCUT2D eigenvalue weighted by Gasteiger charge is -2.27. The first kappa shape index (κ1) is 18.3. The smallest absolute Gasteiger partial charge is 0.225 e. The maximum Gasteiger partial charge on any atom is 0.225 e. The van der Waals surface area contributed by atoms with Gasteiger partial charge in [-0.05, 0) is 48.7 Å². The highest BCUT2D eigenvalue weighted by Gasteiger charge is 2.43. The molecular formula is C23H24N4O. The average Bonchev–Trinajstić information content (AvgIpc) is 3.14. The van der Waals surface area contributed by atoms with E-state index in [0.29, 0.717) is 13.0 Å². The Morgan fingerprint density at radius 1 is 1.07 bits per heavy atom. The molecule has 4 rings (SSSR count). The van der Waals surface area contributed by atoms with E-state index in [4.69, 9.17) is 5.73 Å². The van der Waals surface area contributed by atoms with Crippen LogP contribution in [-0.2, 0) is 17.8 Å². The van der Waals surface area contributed by atoms with E-state index in [1.165, 1.54) is 0 Å². The first-order valence-corrected chi connectivity index (χ1v) is 9.57. The Bertz CT molecular complexity index is 945. The molecule has 0 saturated carbocycles. The molecular weight excluding hydrogens is 348 g/mol. The number of carbonyl (C=O) groups is 1. The van der Waals surface area contributed by atoms with Crippen molar-refractivity contribution in [2.45, 2.75) is 19.4 Å². The minimum Gasteiger partial charge on any atom is -0.369 e. The van der Waals surface area contributed by atoms with Crippen molar-refractivity contribution in [3.05, 3.63) is 84.4 Å². The summed E-state index contributed by atoms with van der Waals surface area (Å²) in [5.74, 6) is -0.225. The lowest BCUT2D eigenvalue weighted by atomic mass is 9.78. The van der Waals surface area contributed by atoms with Crippen molar-refractivity contribution >= 4 is 5.91 Å². The van der Waals surface area contributed by atoms with Gasteiger partial charge in [-0.2, -0.15) is 0 Å². The van der Waals surface area contributed by atoms with Crippen LogP contribution in [-0.4, -0.2) is 33.9 Å². The Kier molecular flexibility index (Phi) is 5.17. The number of amides is 1. The molecule has 1 aromatic carbocycles. The second kappa shape index (κ2) is 7.90. The molecule has 0 aliphatic carbocycles. The molecule has 2 N–H and O–H groups in total. The van der Waals surface area contributed by atoms with Crippen LogP contribution in [0.5, 0.6) is 0 Å². The van der Waals surface area contributed by atoms with Gasteiger partial charge in [0.1, 0.15) is 0 Å². The second-order valence-corrected chi connectivity index (χ2v) is 7.50. The summed E-state index contributed by atoms with van der Waals surface area (Å²) in [6.07, 6.45) is 6.82. The topological polar surface area (TPSA) is 72.1 Å². The maximum absolute atomic E-state index is 12.5. The molecule has 28 heavy (non-hydrogen) atoms. The highest BCUT2D eigenvalue weighted by molar-refractivity contribution is 5.82. The van der Waals surface area contributed by atoms with E-state index >= 15 is 0 Å². The number of nitrogens with two attached hydrogens (primary N) is 1. The zero-order valence-corrected chi connectivity index (χ0v) is 15.8. The molecule has 3 heterocycles. The van der Waals surface area contributed by atoms with Crippen LogP contribution in [0.3, 0.4) is 0 Å². The summed E-state index contributed by atoms with van der Waals surface area (Å²) < 4.78 is 0. The van der Waals surface area contributed by atoms with Crippen LogP contribution in [0.15, 0.2) is 73.2 Å². The number of carbonyl (C=O) groups excluding carboxylic acids is 1. The lowest BCUT2D eigenvalue weighted by molar-refractivity contribution is -0.127. The van der Waals surface area contributed by atoms with Crippen molar-refractivity contribution in [3.8, 4) is 11.1 Å². The van der Waals surface area contributed by atoms with Crippen LogP contribution >= 0.6 is 0 Å². The molecule has 0 unspecified atom stereocenters. The SMILES string of the molecule is NC(=O)[C@@]1(Cc2ccccc2-c2cccnc2)CCN(Cc2ccccn2)C1. The van der Waals surface area contributed by atoms with Gasteiger partial charge in [0.2, 0.25) is 5.91 Å². The number of aromatic nitrogens is 2. The van der Waals surface area contributed by atoms with E-state index < -0.39 is 5.41 Å². The Labute approximate surface area is 165 Å². The average molecular weight is 372 g/mol. The fourth-order valence-electron chi connectivity index (χ4n) is 4.09. The number of hydrogen-bond donors (Lipinski definition) is 1. The summed E-state index contributed by atoms with van der Waals surface area (Å²) in [6, 6.07) is 18.1. The van der Waals surface area contributed by atoms with Crippen LogP contribution < -0.4 is 5.73 Å². The number of primary amides is 1. The highest BCUT2D eigenvalue weighted by Crippen LogP contribution is 2.37. The van der Waals surface area contributed by atoms with Gasteiger partial charge in [-0.25, -0.2) is 0 Å². The van der Waals surface area contributed by atoms with Crippen LogP contribution in [0.2, 0.25) is 0 Å². The predicted molar refractivity (Wildman–Crippen MR) is 109 cm³/mol. The highest BCUT2D eigenvalue weighted by atomic mass is 16.1. The third-order valence-corrected chi connectivity index (χ3v) is 5.59. The Morgan fingerprint density at radius 3 is 2.68 bits per heavy atom. The van der Waals surface area contributed by atoms with E-state index in [9.17, 15) is 4.79 Å². The van der Waals surface area contributed by atoms with Gasteiger partial charge < -0.3 is 5.73 Å². The third kappa shape index (κ3) is 3.80. The summed E-state index contributed by atoms with van der Waals surface area (Å²) >= 11 is 0. The van der Waals surface area contributed by atoms with E-state index in [-0.39, 0.29) is 5.91 Å². The molecule has 5 heteroatoms. The predicted octanol–water partition coefficient (Wildman–Crippen LogP) is 3.06. The van der Waals surface area contributed by atoms with E-state index in [2.05, 4.69) is 27.0 Å². The number of pyridine rings is 2. The quantitative estimate of drug-likeness (QED) is 0.722. The summed E-state index contributed by atoms with van der Waals surface area (Å²) in [4.78, 5) is 23.5. The lowest BCUT2D eigenvalue weighted by Crippen LogP contribution is -2.41. The van der Waals surface area contributed by atoms with Gasteiger partial charge in [0, 0.05) is 37.2 Å². The van der Waals surface area contributed by atoms with Gasteiger partial charge in [0.05, 0.1) is 11.1 Å². The van der Waals surface area contributed by atoms with Gasteiger partial charge in [-0.3, -0.25) is 19.7 Å². The minimum atomic E-state index is -0.562. The van der Waals surface area contributed by atoms with Crippen LogP contribution in [0.1, 0.15) is 17.7 Å². The van der Waals surface area contributed by atoms with Crippen LogP contribution in [0.25, 0.3) is 11.1 Å². The van der Waals surface area contributed by atoms with Gasteiger partial charge >= 0.3 is 0 Å². The molecule has 142 valence electrons. The Hall–Kier alpha value is -3.05. The molecule has 1 amide bonds. The van der Waals surface area contributed by atoms with Crippen molar-refractivity contribution in [1.29, 1.82) is 0 Å². The van der Waals surface area contributed by atoms with Gasteiger partial charge in [0.15, 0.2) is 0 Å². The number of rotatable bonds is 6. The molecule has 5 nitrogen and oxygen atoms in total. The second-order valence-electron chi connectivity index (χ2n) is 7.50. The van der Waals surface area contributed by atoms with E-state index in [1.807, 2.05) is 48.7 Å².